The summed E-state index contributed by atoms with van der Waals surface area (Å²) in [6.07, 6.45) is 3.20. The van der Waals surface area contributed by atoms with Gasteiger partial charge in [-0.2, -0.15) is 0 Å². The Morgan fingerprint density at radius 2 is 2.00 bits per heavy atom. The molecule has 0 saturated heterocycles. The highest BCUT2D eigenvalue weighted by atomic mass is 16.6. The summed E-state index contributed by atoms with van der Waals surface area (Å²) in [6, 6.07) is 5.43. The van der Waals surface area contributed by atoms with Gasteiger partial charge in [-0.3, -0.25) is 10.1 Å². The summed E-state index contributed by atoms with van der Waals surface area (Å²) < 4.78 is 5.52. The van der Waals surface area contributed by atoms with Crippen LogP contribution in [0.2, 0.25) is 0 Å². The molecular weight excluding hydrogens is 270 g/mol. The molecule has 1 fully saturated rings. The highest BCUT2D eigenvalue weighted by Gasteiger charge is 2.29. The first kappa shape index (κ1) is 15.6. The van der Waals surface area contributed by atoms with Crippen molar-refractivity contribution in [2.45, 2.75) is 45.3 Å². The lowest BCUT2D eigenvalue weighted by molar-refractivity contribution is -0.384. The number of benzene rings is 1. The highest BCUT2D eigenvalue weighted by Crippen LogP contribution is 2.30. The lowest BCUT2D eigenvalue weighted by atomic mass is 9.89. The molecule has 0 aromatic heterocycles. The number of nitrogens with zero attached hydrogens (tertiary/aromatic N) is 1. The second kappa shape index (κ2) is 7.26. The first-order valence-electron chi connectivity index (χ1n) is 7.53. The number of non-ortho nitro benzene ring substituents is 1. The van der Waals surface area contributed by atoms with E-state index in [1.807, 2.05) is 13.0 Å². The van der Waals surface area contributed by atoms with Crippen LogP contribution in [0.1, 0.15) is 33.1 Å². The first-order valence-corrected chi connectivity index (χ1v) is 7.53. The summed E-state index contributed by atoms with van der Waals surface area (Å²) in [5.41, 5.74) is 1.69. The molecule has 0 unspecified atom stereocenters. The third-order valence-electron chi connectivity index (χ3n) is 3.58. The molecule has 6 nitrogen and oxygen atoms in total. The van der Waals surface area contributed by atoms with Gasteiger partial charge in [0.25, 0.3) is 5.69 Å². The number of nitro benzene ring substituents is 1. The smallest absolute Gasteiger partial charge is 0.273 e. The maximum atomic E-state index is 11.0. The number of rotatable bonds is 8. The molecule has 6 heteroatoms. The van der Waals surface area contributed by atoms with Crippen LogP contribution in [0.15, 0.2) is 18.2 Å². The van der Waals surface area contributed by atoms with Crippen LogP contribution < -0.4 is 10.6 Å². The van der Waals surface area contributed by atoms with Gasteiger partial charge in [-0.1, -0.05) is 6.92 Å². The molecule has 2 N–H and O–H groups in total. The van der Waals surface area contributed by atoms with E-state index in [0.717, 1.165) is 43.8 Å². The van der Waals surface area contributed by atoms with E-state index in [2.05, 4.69) is 17.6 Å². The van der Waals surface area contributed by atoms with Gasteiger partial charge in [0.1, 0.15) is 0 Å². The van der Waals surface area contributed by atoms with Crippen LogP contribution >= 0.6 is 0 Å². The number of nitro groups is 1. The van der Waals surface area contributed by atoms with Crippen molar-refractivity contribution >= 4 is 17.1 Å². The van der Waals surface area contributed by atoms with Crippen molar-refractivity contribution < 1.29 is 9.66 Å². The predicted molar refractivity (Wildman–Crippen MR) is 83.9 cm³/mol. The van der Waals surface area contributed by atoms with Crippen LogP contribution in [0.4, 0.5) is 17.1 Å². The fourth-order valence-corrected chi connectivity index (χ4v) is 2.46. The van der Waals surface area contributed by atoms with Crippen LogP contribution in [0.5, 0.6) is 0 Å². The van der Waals surface area contributed by atoms with Gasteiger partial charge in [-0.05, 0) is 32.3 Å². The zero-order valence-corrected chi connectivity index (χ0v) is 12.6. The Morgan fingerprint density at radius 3 is 2.62 bits per heavy atom. The molecule has 1 saturated carbocycles. The Morgan fingerprint density at radius 1 is 1.29 bits per heavy atom. The number of anilines is 2. The summed E-state index contributed by atoms with van der Waals surface area (Å²) in [6.45, 7) is 5.59. The molecule has 0 aliphatic heterocycles. The van der Waals surface area contributed by atoms with E-state index in [-0.39, 0.29) is 10.6 Å². The van der Waals surface area contributed by atoms with E-state index in [1.54, 1.807) is 12.1 Å². The molecule has 0 amide bonds. The molecule has 0 bridgehead atoms. The van der Waals surface area contributed by atoms with Gasteiger partial charge in [0.05, 0.1) is 11.0 Å². The van der Waals surface area contributed by atoms with E-state index in [4.69, 9.17) is 4.74 Å². The largest absolute Gasteiger partial charge is 0.385 e. The second-order valence-electron chi connectivity index (χ2n) is 5.34. The van der Waals surface area contributed by atoms with Crippen molar-refractivity contribution in [1.29, 1.82) is 0 Å². The fourth-order valence-electron chi connectivity index (χ4n) is 2.46. The number of hydrogen-bond donors (Lipinski definition) is 2. The molecule has 0 atom stereocenters. The third kappa shape index (κ3) is 4.32. The summed E-state index contributed by atoms with van der Waals surface area (Å²) in [4.78, 5) is 10.7. The van der Waals surface area contributed by atoms with Crippen molar-refractivity contribution in [2.24, 2.45) is 0 Å². The molecule has 0 heterocycles. The molecule has 21 heavy (non-hydrogen) atoms. The summed E-state index contributed by atoms with van der Waals surface area (Å²) >= 11 is 0. The molecule has 1 aliphatic rings. The SMILES string of the molecule is CCCNc1cc(NC2CC(OCC)C2)cc([N+](=O)[O-])c1. The number of ether oxygens (including phenoxy) is 1. The Balaban J connectivity index is 2.01. The Bertz CT molecular complexity index is 487. The summed E-state index contributed by atoms with van der Waals surface area (Å²) in [5, 5.41) is 17.6. The van der Waals surface area contributed by atoms with Gasteiger partial charge in [0, 0.05) is 42.7 Å². The van der Waals surface area contributed by atoms with Crippen molar-refractivity contribution in [3.8, 4) is 0 Å². The van der Waals surface area contributed by atoms with E-state index < -0.39 is 0 Å². The lowest BCUT2D eigenvalue weighted by Crippen LogP contribution is -2.40. The van der Waals surface area contributed by atoms with Crippen LogP contribution in [0.25, 0.3) is 0 Å². The van der Waals surface area contributed by atoms with Crippen LogP contribution in [-0.2, 0) is 4.74 Å². The van der Waals surface area contributed by atoms with Gasteiger partial charge in [-0.25, -0.2) is 0 Å². The average Bonchev–Trinajstić information content (AvgIpc) is 2.42. The lowest BCUT2D eigenvalue weighted by Gasteiger charge is -2.36. The molecule has 1 aromatic rings. The fraction of sp³-hybridized carbons (Fsp3) is 0.600. The maximum Gasteiger partial charge on any atom is 0.273 e. The number of hydrogen-bond acceptors (Lipinski definition) is 5. The predicted octanol–water partition coefficient (Wildman–Crippen LogP) is 3.40. The van der Waals surface area contributed by atoms with Crippen LogP contribution in [0.3, 0.4) is 0 Å². The quantitative estimate of drug-likeness (QED) is 0.567. The van der Waals surface area contributed by atoms with Gasteiger partial charge in [-0.15, -0.1) is 0 Å². The minimum atomic E-state index is -0.355. The minimum absolute atomic E-state index is 0.110. The van der Waals surface area contributed by atoms with E-state index in [1.165, 1.54) is 0 Å². The third-order valence-corrected chi connectivity index (χ3v) is 3.58. The molecule has 0 spiro atoms. The molecule has 0 radical (unpaired) electrons. The first-order chi connectivity index (χ1) is 10.1. The molecule has 2 rings (SSSR count). The van der Waals surface area contributed by atoms with Crippen LogP contribution in [0, 0.1) is 10.1 Å². The van der Waals surface area contributed by atoms with Crippen molar-refractivity contribution in [3.63, 3.8) is 0 Å². The standard InChI is InChI=1S/C15H23N3O3/c1-3-5-16-11-6-12(8-14(7-11)18(19)20)17-13-9-15(10-13)21-4-2/h6-8,13,15-17H,3-5,9-10H2,1-2H3. The van der Waals surface area contributed by atoms with E-state index >= 15 is 0 Å². The Hall–Kier alpha value is -1.82. The van der Waals surface area contributed by atoms with Crippen molar-refractivity contribution in [3.05, 3.63) is 28.3 Å². The normalized spacial score (nSPS) is 20.7. The summed E-state index contributed by atoms with van der Waals surface area (Å²) in [7, 11) is 0. The minimum Gasteiger partial charge on any atom is -0.385 e. The van der Waals surface area contributed by atoms with Gasteiger partial charge < -0.3 is 15.4 Å². The number of nitrogens with one attached hydrogen (secondary N) is 2. The average molecular weight is 293 g/mol. The zero-order valence-electron chi connectivity index (χ0n) is 12.6. The molecule has 1 aromatic carbocycles. The van der Waals surface area contributed by atoms with Crippen molar-refractivity contribution in [1.82, 2.24) is 0 Å². The summed E-state index contributed by atoms with van der Waals surface area (Å²) in [5.74, 6) is 0. The molecule has 116 valence electrons. The Kier molecular flexibility index (Phi) is 5.38. The monoisotopic (exact) mass is 293 g/mol. The zero-order chi connectivity index (χ0) is 15.2. The molecular formula is C15H23N3O3. The topological polar surface area (TPSA) is 76.4 Å². The van der Waals surface area contributed by atoms with E-state index in [9.17, 15) is 10.1 Å². The van der Waals surface area contributed by atoms with Crippen LogP contribution in [-0.4, -0.2) is 30.2 Å². The van der Waals surface area contributed by atoms with E-state index in [0.29, 0.717) is 12.1 Å². The second-order valence-corrected chi connectivity index (χ2v) is 5.34. The van der Waals surface area contributed by atoms with Gasteiger partial charge in [0.15, 0.2) is 0 Å². The van der Waals surface area contributed by atoms with Gasteiger partial charge in [0.2, 0.25) is 0 Å². The maximum absolute atomic E-state index is 11.0. The highest BCUT2D eigenvalue weighted by molar-refractivity contribution is 5.63. The Labute approximate surface area is 125 Å². The molecule has 1 aliphatic carbocycles. The van der Waals surface area contributed by atoms with Crippen molar-refractivity contribution in [2.75, 3.05) is 23.8 Å². The van der Waals surface area contributed by atoms with Gasteiger partial charge >= 0.3 is 0 Å².